The highest BCUT2D eigenvalue weighted by Crippen LogP contribution is 2.47. The van der Waals surface area contributed by atoms with Crippen LogP contribution in [0.25, 0.3) is 0 Å². The van der Waals surface area contributed by atoms with Gasteiger partial charge in [-0.1, -0.05) is 64.1 Å². The lowest BCUT2D eigenvalue weighted by atomic mass is 10.2. The van der Waals surface area contributed by atoms with Crippen molar-refractivity contribution in [2.75, 3.05) is 0 Å². The summed E-state index contributed by atoms with van der Waals surface area (Å²) in [4.78, 5) is -3.55. The summed E-state index contributed by atoms with van der Waals surface area (Å²) in [5.74, 6) is 0. The third-order valence-electron chi connectivity index (χ3n) is 5.78. The van der Waals surface area contributed by atoms with Crippen LogP contribution >= 0.6 is 8.25 Å². The molecule has 0 heterocycles. The quantitative estimate of drug-likeness (QED) is 0.358. The van der Waals surface area contributed by atoms with Crippen LogP contribution in [0.15, 0.2) is 70.5 Å². The first-order valence-corrected chi connectivity index (χ1v) is 14.8. The lowest BCUT2D eigenvalue weighted by molar-refractivity contribution is 0.0772. The van der Waals surface area contributed by atoms with E-state index in [0.717, 1.165) is 0 Å². The van der Waals surface area contributed by atoms with Gasteiger partial charge in [-0.3, -0.25) is 13.6 Å². The molecular formula is C22H31O7PS2. The van der Waals surface area contributed by atoms with Gasteiger partial charge in [-0.25, -0.2) is 16.8 Å². The first kappa shape index (κ1) is 26.7. The summed E-state index contributed by atoms with van der Waals surface area (Å²) in [6.45, 7) is 6.47. The second kappa shape index (κ2) is 10.6. The molecule has 0 radical (unpaired) electrons. The Morgan fingerprint density at radius 3 is 1.16 bits per heavy atom. The largest absolute Gasteiger partial charge is 0.322 e. The van der Waals surface area contributed by atoms with Crippen LogP contribution in [0.5, 0.6) is 0 Å². The molecule has 2 aromatic rings. The van der Waals surface area contributed by atoms with E-state index in [1.807, 2.05) is 0 Å². The van der Waals surface area contributed by atoms with E-state index in [9.17, 15) is 21.4 Å². The average Bonchev–Trinajstić information content (AvgIpc) is 2.81. The fourth-order valence-corrected chi connectivity index (χ4v) is 9.53. The molecule has 178 valence electrons. The van der Waals surface area contributed by atoms with Gasteiger partial charge in [0.1, 0.15) is 0 Å². The predicted molar refractivity (Wildman–Crippen MR) is 125 cm³/mol. The average molecular weight is 503 g/mol. The van der Waals surface area contributed by atoms with E-state index < -0.39 is 37.8 Å². The zero-order chi connectivity index (χ0) is 24.0. The van der Waals surface area contributed by atoms with Crippen LogP contribution in [0.1, 0.15) is 53.4 Å². The van der Waals surface area contributed by atoms with Crippen molar-refractivity contribution in [3.8, 4) is 0 Å². The SMILES string of the molecule is CCC(CC)(O[PH](=O)OC(CC)(CC)S(=O)(=O)c1ccccc1)S(=O)(=O)c1ccccc1. The third-order valence-corrected chi connectivity index (χ3v) is 12.3. The first-order chi connectivity index (χ1) is 15.1. The molecule has 0 saturated carbocycles. The number of hydrogen-bond donors (Lipinski definition) is 0. The van der Waals surface area contributed by atoms with Gasteiger partial charge in [-0.05, 0) is 49.9 Å². The van der Waals surface area contributed by atoms with Crippen LogP contribution in [-0.2, 0) is 33.3 Å². The molecule has 0 aliphatic carbocycles. The Morgan fingerprint density at radius 1 is 0.625 bits per heavy atom. The molecule has 2 aromatic carbocycles. The summed E-state index contributed by atoms with van der Waals surface area (Å²) in [5.41, 5.74) is 0. The van der Waals surface area contributed by atoms with Crippen LogP contribution < -0.4 is 0 Å². The predicted octanol–water partition coefficient (Wildman–Crippen LogP) is 5.39. The minimum atomic E-state index is -4.04. The second-order valence-electron chi connectivity index (χ2n) is 7.32. The molecule has 0 saturated heterocycles. The van der Waals surface area contributed by atoms with Gasteiger partial charge in [0.2, 0.25) is 19.7 Å². The maximum atomic E-state index is 13.4. The number of rotatable bonds is 12. The Bertz CT molecular complexity index is 1020. The zero-order valence-electron chi connectivity index (χ0n) is 18.8. The molecule has 0 bridgehead atoms. The van der Waals surface area contributed by atoms with E-state index in [2.05, 4.69) is 0 Å². The van der Waals surface area contributed by atoms with Gasteiger partial charge in [-0.2, -0.15) is 0 Å². The Labute approximate surface area is 191 Å². The molecule has 0 atom stereocenters. The van der Waals surface area contributed by atoms with Crippen molar-refractivity contribution in [1.29, 1.82) is 0 Å². The van der Waals surface area contributed by atoms with Gasteiger partial charge >= 0.3 is 8.25 Å². The van der Waals surface area contributed by atoms with Crippen LogP contribution in [-0.4, -0.2) is 26.7 Å². The first-order valence-electron chi connectivity index (χ1n) is 10.6. The minimum absolute atomic E-state index is 0.0111. The van der Waals surface area contributed by atoms with Crippen LogP contribution in [0, 0.1) is 0 Å². The Kier molecular flexibility index (Phi) is 8.87. The number of benzene rings is 2. The Morgan fingerprint density at radius 2 is 0.906 bits per heavy atom. The molecule has 7 nitrogen and oxygen atoms in total. The van der Waals surface area contributed by atoms with Gasteiger partial charge in [0.05, 0.1) is 9.79 Å². The summed E-state index contributed by atoms with van der Waals surface area (Å²) in [6.07, 6.45) is 0.0444. The van der Waals surface area contributed by atoms with Crippen LogP contribution in [0.4, 0.5) is 0 Å². The van der Waals surface area contributed by atoms with Crippen molar-refractivity contribution in [3.63, 3.8) is 0 Å². The third kappa shape index (κ3) is 4.87. The maximum absolute atomic E-state index is 13.4. The molecule has 0 aliphatic heterocycles. The van der Waals surface area contributed by atoms with Gasteiger partial charge in [-0.15, -0.1) is 0 Å². The fourth-order valence-electron chi connectivity index (χ4n) is 3.61. The van der Waals surface area contributed by atoms with Crippen molar-refractivity contribution in [2.45, 2.75) is 73.0 Å². The van der Waals surface area contributed by atoms with Gasteiger partial charge < -0.3 is 0 Å². The molecule has 0 aliphatic rings. The molecule has 32 heavy (non-hydrogen) atoms. The summed E-state index contributed by atoms with van der Waals surface area (Å²) < 4.78 is 77.7. The van der Waals surface area contributed by atoms with Crippen molar-refractivity contribution >= 4 is 27.9 Å². The summed E-state index contributed by atoms with van der Waals surface area (Å²) in [7, 11) is -11.6. The van der Waals surface area contributed by atoms with Crippen LogP contribution in [0.3, 0.4) is 0 Å². The molecular weight excluding hydrogens is 471 g/mol. The van der Waals surface area contributed by atoms with Crippen molar-refractivity contribution in [2.24, 2.45) is 0 Å². The lowest BCUT2D eigenvalue weighted by Crippen LogP contribution is -2.41. The van der Waals surface area contributed by atoms with Gasteiger partial charge in [0.25, 0.3) is 0 Å². The van der Waals surface area contributed by atoms with Crippen molar-refractivity contribution in [1.82, 2.24) is 0 Å². The normalized spacial score (nSPS) is 13.4. The lowest BCUT2D eigenvalue weighted by Gasteiger charge is -2.35. The summed E-state index contributed by atoms with van der Waals surface area (Å²) in [6, 6.07) is 15.5. The van der Waals surface area contributed by atoms with E-state index in [1.54, 1.807) is 64.1 Å². The van der Waals surface area contributed by atoms with Gasteiger partial charge in [0.15, 0.2) is 9.87 Å². The summed E-state index contributed by atoms with van der Waals surface area (Å²) >= 11 is 0. The maximum Gasteiger partial charge on any atom is 0.322 e. The number of sulfone groups is 2. The van der Waals surface area contributed by atoms with E-state index in [0.29, 0.717) is 0 Å². The molecule has 0 N–H and O–H groups in total. The van der Waals surface area contributed by atoms with Crippen LogP contribution in [0.2, 0.25) is 0 Å². The van der Waals surface area contributed by atoms with Crippen molar-refractivity contribution < 1.29 is 30.4 Å². The standard InChI is InChI=1S/C22H31O7PS2/c1-5-21(6-2,31(24,25)19-15-11-9-12-16-19)28-30(23)29-22(7-3,8-4)32(26,27)20-17-13-10-14-18-20/h9-18,30H,5-8H2,1-4H3. The molecule has 0 fully saturated rings. The fraction of sp³-hybridized carbons (Fsp3) is 0.455. The second-order valence-corrected chi connectivity index (χ2v) is 12.7. The van der Waals surface area contributed by atoms with Gasteiger partial charge in [0, 0.05) is 0 Å². The number of hydrogen-bond acceptors (Lipinski definition) is 7. The monoisotopic (exact) mass is 502 g/mol. The van der Waals surface area contributed by atoms with E-state index in [4.69, 9.17) is 9.05 Å². The topological polar surface area (TPSA) is 104 Å². The highest BCUT2D eigenvalue weighted by atomic mass is 32.2. The minimum Gasteiger partial charge on any atom is -0.287 e. The molecule has 0 aromatic heterocycles. The van der Waals surface area contributed by atoms with E-state index in [1.165, 1.54) is 24.3 Å². The molecule has 10 heteroatoms. The highest BCUT2D eigenvalue weighted by Gasteiger charge is 2.48. The zero-order valence-corrected chi connectivity index (χ0v) is 21.4. The molecule has 0 unspecified atom stereocenters. The molecule has 0 amide bonds. The van der Waals surface area contributed by atoms with Crippen molar-refractivity contribution in [3.05, 3.63) is 60.7 Å². The highest BCUT2D eigenvalue weighted by molar-refractivity contribution is 7.93. The smallest absolute Gasteiger partial charge is 0.287 e. The van der Waals surface area contributed by atoms with E-state index >= 15 is 0 Å². The Hall–Kier alpha value is -1.51. The van der Waals surface area contributed by atoms with E-state index in [-0.39, 0.29) is 35.5 Å². The molecule has 2 rings (SSSR count). The Balaban J connectivity index is 2.44. The molecule has 0 spiro atoms. The summed E-state index contributed by atoms with van der Waals surface area (Å²) in [5, 5.41) is 0.